The molecule has 1 aliphatic carbocycles. The van der Waals surface area contributed by atoms with Crippen molar-refractivity contribution in [2.45, 2.75) is 63.1 Å². The fourth-order valence-corrected chi connectivity index (χ4v) is 8.77. The van der Waals surface area contributed by atoms with Gasteiger partial charge in [0.15, 0.2) is 6.29 Å². The number of hydrogen-bond acceptors (Lipinski definition) is 11. The third kappa shape index (κ3) is 6.74. The number of rotatable bonds is 12. The Labute approximate surface area is 282 Å². The lowest BCUT2D eigenvalue weighted by Crippen LogP contribution is -2.52. The molecule has 0 unspecified atom stereocenters. The molecular formula is C34H41N5O6S2. The monoisotopic (exact) mass is 679 g/mol. The summed E-state index contributed by atoms with van der Waals surface area (Å²) < 4.78 is 19.0. The topological polar surface area (TPSA) is 119 Å². The molecule has 0 atom stereocenters. The Kier molecular flexibility index (Phi) is 9.45. The fourth-order valence-electron chi connectivity index (χ4n) is 7.06. The van der Waals surface area contributed by atoms with Crippen molar-refractivity contribution in [1.82, 2.24) is 24.8 Å². The molecule has 47 heavy (non-hydrogen) atoms. The highest BCUT2D eigenvalue weighted by atomic mass is 32.1. The van der Waals surface area contributed by atoms with Crippen molar-refractivity contribution in [2.24, 2.45) is 5.41 Å². The summed E-state index contributed by atoms with van der Waals surface area (Å²) in [7, 11) is 1.87. The number of aliphatic hydroxyl groups is 1. The first kappa shape index (κ1) is 32.4. The third-order valence-corrected chi connectivity index (χ3v) is 11.9. The highest BCUT2D eigenvalue weighted by Crippen LogP contribution is 2.51. The second kappa shape index (κ2) is 13.7. The Bertz CT molecular complexity index is 1620. The van der Waals surface area contributed by atoms with Gasteiger partial charge in [0.05, 0.1) is 28.5 Å². The zero-order valence-electron chi connectivity index (χ0n) is 26.6. The number of fused-ring (bicyclic) bond motifs is 1. The average Bonchev–Trinajstić information content (AvgIpc) is 3.91. The van der Waals surface area contributed by atoms with Crippen molar-refractivity contribution in [2.75, 3.05) is 46.4 Å². The lowest BCUT2D eigenvalue weighted by Gasteiger charge is -2.51. The van der Waals surface area contributed by atoms with E-state index >= 15 is 0 Å². The number of aryl methyl sites for hydroxylation is 1. The molecule has 3 aromatic heterocycles. The van der Waals surface area contributed by atoms with Crippen LogP contribution in [0.2, 0.25) is 0 Å². The van der Waals surface area contributed by atoms with Gasteiger partial charge in [-0.2, -0.15) is 0 Å². The molecule has 1 N–H and O–H groups in total. The smallest absolute Gasteiger partial charge is 0.349 e. The largest absolute Gasteiger partial charge is 0.460 e. The summed E-state index contributed by atoms with van der Waals surface area (Å²) in [6, 6.07) is 13.2. The Hall–Kier alpha value is -3.20. The second-order valence-corrected chi connectivity index (χ2v) is 14.9. The maximum absolute atomic E-state index is 13.3. The minimum Gasteiger partial charge on any atom is -0.460 e. The number of ether oxygens (including phenoxy) is 3. The van der Waals surface area contributed by atoms with Gasteiger partial charge in [-0.25, -0.2) is 9.48 Å². The van der Waals surface area contributed by atoms with Crippen molar-refractivity contribution >= 4 is 45.6 Å². The number of esters is 1. The molecule has 4 aromatic rings. The molecule has 13 heteroatoms. The summed E-state index contributed by atoms with van der Waals surface area (Å²) in [5.74, 6) is -0.439. The fraction of sp³-hybridized carbons (Fsp3) is 0.529. The zero-order chi connectivity index (χ0) is 32.4. The Balaban J connectivity index is 0.815. The van der Waals surface area contributed by atoms with Gasteiger partial charge in [-0.1, -0.05) is 23.4 Å². The van der Waals surface area contributed by atoms with E-state index in [9.17, 15) is 14.7 Å². The lowest BCUT2D eigenvalue weighted by molar-refractivity contribution is -0.181. The van der Waals surface area contributed by atoms with E-state index < -0.39 is 11.6 Å². The van der Waals surface area contributed by atoms with Crippen LogP contribution < -0.4 is 0 Å². The maximum Gasteiger partial charge on any atom is 0.349 e. The summed E-state index contributed by atoms with van der Waals surface area (Å²) in [5, 5.41) is 23.9. The molecule has 11 nitrogen and oxygen atoms in total. The highest BCUT2D eigenvalue weighted by molar-refractivity contribution is 7.12. The summed E-state index contributed by atoms with van der Waals surface area (Å²) in [5.41, 5.74) is 1.13. The summed E-state index contributed by atoms with van der Waals surface area (Å²) in [6.45, 7) is 5.15. The van der Waals surface area contributed by atoms with Crippen LogP contribution in [0.25, 0.3) is 11.0 Å². The van der Waals surface area contributed by atoms with Gasteiger partial charge in [-0.05, 0) is 85.6 Å². The van der Waals surface area contributed by atoms with Crippen LogP contribution in [0.3, 0.4) is 0 Å². The molecule has 5 heterocycles. The first-order valence-electron chi connectivity index (χ1n) is 16.4. The summed E-state index contributed by atoms with van der Waals surface area (Å²) in [4.78, 5) is 31.6. The van der Waals surface area contributed by atoms with Crippen molar-refractivity contribution in [3.63, 3.8) is 0 Å². The predicted octanol–water partition coefficient (Wildman–Crippen LogP) is 4.56. The molecule has 2 saturated heterocycles. The number of carbonyl (C=O) groups excluding carboxylic acids is 2. The molecule has 3 aliphatic rings. The van der Waals surface area contributed by atoms with E-state index in [4.69, 9.17) is 14.2 Å². The third-order valence-electron chi connectivity index (χ3n) is 9.93. The highest BCUT2D eigenvalue weighted by Gasteiger charge is 2.51. The normalized spacial score (nSPS) is 18.9. The molecule has 1 spiro atoms. The molecule has 2 aliphatic heterocycles. The summed E-state index contributed by atoms with van der Waals surface area (Å²) >= 11 is 2.71. The minimum absolute atomic E-state index is 0.148. The number of aromatic nitrogens is 3. The molecule has 0 radical (unpaired) electrons. The maximum atomic E-state index is 13.3. The van der Waals surface area contributed by atoms with Crippen LogP contribution in [0.1, 0.15) is 60.1 Å². The standard InChI is InChI=1S/C34H41N5O6S2/c1-37(12-4-13-39-27-8-7-24(21-26(27)35-36-39)31-43-17-18-44-31)30(40)9-14-38-15-10-33(11-16-38)22-25(23-33)45-32(41)34(42,28-5-2-19-46-28)29-6-3-20-47-29/h2-3,5-8,19-21,25,31,42H,4,9-18,22-23H2,1H3. The van der Waals surface area contributed by atoms with E-state index in [1.54, 1.807) is 12.1 Å². The zero-order valence-corrected chi connectivity index (χ0v) is 28.2. The number of likely N-dealkylation sites (tertiary alicyclic amines) is 1. The predicted molar refractivity (Wildman–Crippen MR) is 178 cm³/mol. The number of thiophene rings is 2. The molecule has 1 aromatic carbocycles. The minimum atomic E-state index is -1.76. The van der Waals surface area contributed by atoms with Gasteiger partial charge in [-0.3, -0.25) is 4.79 Å². The Morgan fingerprint density at radius 1 is 1.06 bits per heavy atom. The van der Waals surface area contributed by atoms with Crippen LogP contribution in [-0.2, 0) is 35.9 Å². The number of piperidine rings is 1. The van der Waals surface area contributed by atoms with Gasteiger partial charge in [0.25, 0.3) is 0 Å². The van der Waals surface area contributed by atoms with Gasteiger partial charge in [0.2, 0.25) is 11.5 Å². The van der Waals surface area contributed by atoms with Crippen molar-refractivity contribution in [3.05, 3.63) is 68.5 Å². The number of nitrogens with zero attached hydrogens (tertiary/aromatic N) is 5. The van der Waals surface area contributed by atoms with Crippen molar-refractivity contribution < 1.29 is 28.9 Å². The van der Waals surface area contributed by atoms with Gasteiger partial charge in [0.1, 0.15) is 11.6 Å². The van der Waals surface area contributed by atoms with Crippen molar-refractivity contribution in [1.29, 1.82) is 0 Å². The molecule has 1 saturated carbocycles. The van der Waals surface area contributed by atoms with E-state index in [1.807, 2.05) is 57.7 Å². The number of benzene rings is 1. The van der Waals surface area contributed by atoms with Gasteiger partial charge >= 0.3 is 5.97 Å². The van der Waals surface area contributed by atoms with E-state index in [0.29, 0.717) is 42.5 Å². The first-order chi connectivity index (χ1) is 22.8. The SMILES string of the molecule is CN(CCCn1nnc2cc(C3OCCO3)ccc21)C(=O)CCN1CCC2(CC1)CC(OC(=O)C(O)(c1cccs1)c1cccs1)C2. The average molecular weight is 680 g/mol. The van der Waals surface area contributed by atoms with E-state index in [-0.39, 0.29) is 23.7 Å². The first-order valence-corrected chi connectivity index (χ1v) is 18.1. The van der Waals surface area contributed by atoms with Gasteiger partial charge in [0, 0.05) is 38.7 Å². The van der Waals surface area contributed by atoms with Gasteiger partial charge < -0.3 is 29.1 Å². The number of amides is 1. The quantitative estimate of drug-likeness (QED) is 0.215. The molecule has 1 amide bonds. The van der Waals surface area contributed by atoms with Crippen LogP contribution in [0.4, 0.5) is 0 Å². The van der Waals surface area contributed by atoms with E-state index in [2.05, 4.69) is 15.2 Å². The van der Waals surface area contributed by atoms with Crippen LogP contribution in [0.15, 0.2) is 53.2 Å². The number of carbonyl (C=O) groups is 2. The molecular weight excluding hydrogens is 639 g/mol. The van der Waals surface area contributed by atoms with E-state index in [1.165, 1.54) is 22.7 Å². The van der Waals surface area contributed by atoms with E-state index in [0.717, 1.165) is 68.3 Å². The van der Waals surface area contributed by atoms with Gasteiger partial charge in [-0.15, -0.1) is 27.8 Å². The molecule has 3 fully saturated rings. The van der Waals surface area contributed by atoms with Crippen LogP contribution in [0, 0.1) is 5.41 Å². The second-order valence-electron chi connectivity index (χ2n) is 13.0. The molecule has 0 bridgehead atoms. The number of hydrogen-bond donors (Lipinski definition) is 1. The molecule has 250 valence electrons. The summed E-state index contributed by atoms with van der Waals surface area (Å²) in [6.07, 6.45) is 4.47. The molecule has 7 rings (SSSR count). The Morgan fingerprint density at radius 3 is 2.43 bits per heavy atom. The van der Waals surface area contributed by atoms with Crippen molar-refractivity contribution in [3.8, 4) is 0 Å². The van der Waals surface area contributed by atoms with Crippen LogP contribution >= 0.6 is 22.7 Å². The van der Waals surface area contributed by atoms with Crippen LogP contribution in [0.5, 0.6) is 0 Å². The van der Waals surface area contributed by atoms with Crippen LogP contribution in [-0.4, -0.2) is 94.3 Å². The Morgan fingerprint density at radius 2 is 1.77 bits per heavy atom. The lowest BCUT2D eigenvalue weighted by atomic mass is 9.61.